The van der Waals surface area contributed by atoms with Crippen molar-refractivity contribution in [3.8, 4) is 11.4 Å². The van der Waals surface area contributed by atoms with Crippen molar-refractivity contribution < 1.29 is 9.18 Å². The van der Waals surface area contributed by atoms with E-state index in [0.717, 1.165) is 24.4 Å². The molecule has 140 valence electrons. The number of nitrogens with zero attached hydrogens (tertiary/aromatic N) is 4. The number of carbonyl (C=O) groups is 1. The fourth-order valence-electron chi connectivity index (χ4n) is 2.54. The molecule has 0 aliphatic rings. The molecule has 0 aliphatic heterocycles. The van der Waals surface area contributed by atoms with Gasteiger partial charge in [0.15, 0.2) is 11.0 Å². The molecule has 1 N–H and O–H groups in total. The highest BCUT2D eigenvalue weighted by Crippen LogP contribution is 2.27. The Morgan fingerprint density at radius 2 is 2.04 bits per heavy atom. The van der Waals surface area contributed by atoms with Crippen molar-refractivity contribution in [2.45, 2.75) is 37.2 Å². The van der Waals surface area contributed by atoms with Crippen LogP contribution >= 0.6 is 11.8 Å². The number of halogens is 1. The summed E-state index contributed by atoms with van der Waals surface area (Å²) < 4.78 is 15.3. The normalized spacial score (nSPS) is 12.0. The first-order valence-corrected chi connectivity index (χ1v) is 9.53. The van der Waals surface area contributed by atoms with Crippen molar-refractivity contribution in [1.82, 2.24) is 19.7 Å². The zero-order valence-electron chi connectivity index (χ0n) is 15.1. The molecule has 2 heterocycles. The predicted octanol–water partition coefficient (Wildman–Crippen LogP) is 4.01. The SMILES string of the molecule is CCCn1c(SC(C)C(=O)Nc2cccc(F)c2)nnc1-c1ccncc1. The van der Waals surface area contributed by atoms with E-state index in [1.807, 2.05) is 16.7 Å². The molecule has 0 radical (unpaired) electrons. The zero-order valence-corrected chi connectivity index (χ0v) is 15.9. The summed E-state index contributed by atoms with van der Waals surface area (Å²) in [4.78, 5) is 16.5. The molecule has 1 amide bonds. The van der Waals surface area contributed by atoms with Crippen LogP contribution in [0.25, 0.3) is 11.4 Å². The molecule has 8 heteroatoms. The summed E-state index contributed by atoms with van der Waals surface area (Å²) in [6.07, 6.45) is 4.33. The second-order valence-corrected chi connectivity index (χ2v) is 7.26. The number of benzene rings is 1. The molecule has 0 saturated heterocycles. The average Bonchev–Trinajstić information content (AvgIpc) is 3.05. The van der Waals surface area contributed by atoms with Crippen molar-refractivity contribution >= 4 is 23.4 Å². The second-order valence-electron chi connectivity index (χ2n) is 5.95. The lowest BCUT2D eigenvalue weighted by atomic mass is 10.2. The quantitative estimate of drug-likeness (QED) is 0.622. The molecule has 3 aromatic rings. The highest BCUT2D eigenvalue weighted by Gasteiger charge is 2.20. The van der Waals surface area contributed by atoms with E-state index >= 15 is 0 Å². The van der Waals surface area contributed by atoms with E-state index in [1.54, 1.807) is 31.5 Å². The molecule has 1 atom stereocenters. The van der Waals surface area contributed by atoms with Crippen LogP contribution in [0.15, 0.2) is 53.9 Å². The van der Waals surface area contributed by atoms with Gasteiger partial charge >= 0.3 is 0 Å². The van der Waals surface area contributed by atoms with Gasteiger partial charge in [-0.2, -0.15) is 0 Å². The largest absolute Gasteiger partial charge is 0.325 e. The smallest absolute Gasteiger partial charge is 0.237 e. The Bertz CT molecular complexity index is 915. The van der Waals surface area contributed by atoms with Crippen LogP contribution in [0.3, 0.4) is 0 Å². The van der Waals surface area contributed by atoms with Crippen LogP contribution in [-0.2, 0) is 11.3 Å². The summed E-state index contributed by atoms with van der Waals surface area (Å²) in [6.45, 7) is 4.60. The molecule has 6 nitrogen and oxygen atoms in total. The molecule has 0 aliphatic carbocycles. The van der Waals surface area contributed by atoms with Crippen LogP contribution in [-0.4, -0.2) is 30.9 Å². The molecule has 3 rings (SSSR count). The maximum atomic E-state index is 13.3. The average molecular weight is 385 g/mol. The first-order valence-electron chi connectivity index (χ1n) is 8.65. The summed E-state index contributed by atoms with van der Waals surface area (Å²) in [5, 5.41) is 11.5. The monoisotopic (exact) mass is 385 g/mol. The van der Waals surface area contributed by atoms with Gasteiger partial charge in [0, 0.05) is 30.2 Å². The molecular weight excluding hydrogens is 365 g/mol. The minimum absolute atomic E-state index is 0.220. The second kappa shape index (κ2) is 8.77. The van der Waals surface area contributed by atoms with Gasteiger partial charge in [0.25, 0.3) is 0 Å². The van der Waals surface area contributed by atoms with Gasteiger partial charge in [-0.3, -0.25) is 9.78 Å². The van der Waals surface area contributed by atoms with E-state index in [1.165, 1.54) is 23.9 Å². The molecule has 0 fully saturated rings. The van der Waals surface area contributed by atoms with Crippen molar-refractivity contribution in [1.29, 1.82) is 0 Å². The van der Waals surface area contributed by atoms with Crippen molar-refractivity contribution in [3.63, 3.8) is 0 Å². The predicted molar refractivity (Wildman–Crippen MR) is 104 cm³/mol. The van der Waals surface area contributed by atoms with Crippen molar-refractivity contribution in [2.75, 3.05) is 5.32 Å². The van der Waals surface area contributed by atoms with Crippen LogP contribution in [0.5, 0.6) is 0 Å². The third-order valence-electron chi connectivity index (χ3n) is 3.85. The van der Waals surface area contributed by atoms with Gasteiger partial charge < -0.3 is 9.88 Å². The maximum Gasteiger partial charge on any atom is 0.237 e. The Morgan fingerprint density at radius 1 is 1.26 bits per heavy atom. The standard InChI is InChI=1S/C19H20FN5OS/c1-3-11-25-17(14-7-9-21-10-8-14)23-24-19(25)27-13(2)18(26)22-16-6-4-5-15(20)12-16/h4-10,12-13H,3,11H2,1-2H3,(H,22,26). The third-order valence-corrected chi connectivity index (χ3v) is 4.93. The van der Waals surface area contributed by atoms with Crippen LogP contribution in [0.1, 0.15) is 20.3 Å². The van der Waals surface area contributed by atoms with Gasteiger partial charge in [-0.05, 0) is 43.7 Å². The fourth-order valence-corrected chi connectivity index (χ4v) is 3.41. The number of pyridine rings is 1. The van der Waals surface area contributed by atoms with Crippen LogP contribution in [0.2, 0.25) is 0 Å². The molecule has 0 spiro atoms. The van der Waals surface area contributed by atoms with Crippen LogP contribution in [0.4, 0.5) is 10.1 Å². The van der Waals surface area contributed by atoms with Gasteiger partial charge in [0.05, 0.1) is 5.25 Å². The van der Waals surface area contributed by atoms with Crippen molar-refractivity contribution in [2.24, 2.45) is 0 Å². The van der Waals surface area contributed by atoms with Gasteiger partial charge in [-0.1, -0.05) is 24.8 Å². The summed E-state index contributed by atoms with van der Waals surface area (Å²) in [6, 6.07) is 9.59. The number of nitrogens with one attached hydrogen (secondary N) is 1. The maximum absolute atomic E-state index is 13.3. The summed E-state index contributed by atoms with van der Waals surface area (Å²) in [7, 11) is 0. The lowest BCUT2D eigenvalue weighted by molar-refractivity contribution is -0.115. The summed E-state index contributed by atoms with van der Waals surface area (Å²) in [5.74, 6) is 0.138. The molecule has 0 saturated carbocycles. The van der Waals surface area contributed by atoms with E-state index in [4.69, 9.17) is 0 Å². The number of thioether (sulfide) groups is 1. The first-order chi connectivity index (χ1) is 13.1. The van der Waals surface area contributed by atoms with Crippen LogP contribution < -0.4 is 5.32 Å². The van der Waals surface area contributed by atoms with E-state index in [9.17, 15) is 9.18 Å². The Labute approximate surface area is 161 Å². The zero-order chi connectivity index (χ0) is 19.2. The fraction of sp³-hybridized carbons (Fsp3) is 0.263. The molecule has 2 aromatic heterocycles. The molecule has 1 aromatic carbocycles. The molecule has 0 bridgehead atoms. The highest BCUT2D eigenvalue weighted by atomic mass is 32.2. The number of hydrogen-bond acceptors (Lipinski definition) is 5. The van der Waals surface area contributed by atoms with Crippen molar-refractivity contribution in [3.05, 3.63) is 54.6 Å². The van der Waals surface area contributed by atoms with E-state index in [0.29, 0.717) is 10.8 Å². The number of anilines is 1. The summed E-state index contributed by atoms with van der Waals surface area (Å²) >= 11 is 1.33. The number of rotatable bonds is 7. The lowest BCUT2D eigenvalue weighted by Crippen LogP contribution is -2.23. The van der Waals surface area contributed by atoms with E-state index < -0.39 is 11.1 Å². The van der Waals surface area contributed by atoms with Gasteiger partial charge in [-0.15, -0.1) is 10.2 Å². The third kappa shape index (κ3) is 4.71. The van der Waals surface area contributed by atoms with E-state index in [2.05, 4.69) is 27.4 Å². The Kier molecular flexibility index (Phi) is 6.18. The topological polar surface area (TPSA) is 72.7 Å². The summed E-state index contributed by atoms with van der Waals surface area (Å²) in [5.41, 5.74) is 1.36. The Balaban J connectivity index is 1.76. The molecule has 27 heavy (non-hydrogen) atoms. The Hall–Kier alpha value is -2.74. The molecule has 1 unspecified atom stereocenters. The number of aromatic nitrogens is 4. The number of amides is 1. The first kappa shape index (κ1) is 19.0. The van der Waals surface area contributed by atoms with Gasteiger partial charge in [0.1, 0.15) is 5.82 Å². The van der Waals surface area contributed by atoms with Gasteiger partial charge in [-0.25, -0.2) is 4.39 Å². The van der Waals surface area contributed by atoms with Crippen LogP contribution in [0, 0.1) is 5.82 Å². The Morgan fingerprint density at radius 3 is 2.74 bits per heavy atom. The lowest BCUT2D eigenvalue weighted by Gasteiger charge is -2.13. The highest BCUT2D eigenvalue weighted by molar-refractivity contribution is 8.00. The number of carbonyl (C=O) groups excluding carboxylic acids is 1. The minimum Gasteiger partial charge on any atom is -0.325 e. The number of hydrogen-bond donors (Lipinski definition) is 1. The van der Waals surface area contributed by atoms with Gasteiger partial charge in [0.2, 0.25) is 5.91 Å². The molecular formula is C19H20FN5OS. The minimum atomic E-state index is -0.418. The van der Waals surface area contributed by atoms with E-state index in [-0.39, 0.29) is 5.91 Å².